The standard InChI is InChI=1S/C19H24N8O/c1-25-10-14(7-23-25)24-19(28)27-8-12-5-15(6-13(12)9-27)26(2)18-16-3-4-20-17(16)21-11-22-18/h3-4,7,10-13,15H,5-6,8-9H2,1-2H3,(H,24,28)(H,20,21,22)/t12-,13?,15+/m0/s1. The lowest BCUT2D eigenvalue weighted by atomic mass is 10.0. The second-order valence-corrected chi connectivity index (χ2v) is 7.93. The monoisotopic (exact) mass is 380 g/mol. The Bertz CT molecular complexity index is 996. The number of H-pyrrole nitrogens is 1. The Balaban J connectivity index is 1.23. The van der Waals surface area contributed by atoms with Gasteiger partial charge in [-0.1, -0.05) is 0 Å². The van der Waals surface area contributed by atoms with Crippen LogP contribution < -0.4 is 10.2 Å². The van der Waals surface area contributed by atoms with Crippen LogP contribution in [0, 0.1) is 11.8 Å². The van der Waals surface area contributed by atoms with Gasteiger partial charge in [0.2, 0.25) is 0 Å². The molecule has 3 atom stereocenters. The smallest absolute Gasteiger partial charge is 0.321 e. The largest absolute Gasteiger partial charge is 0.356 e. The number of nitrogens with zero attached hydrogens (tertiary/aromatic N) is 6. The molecule has 3 aromatic heterocycles. The molecule has 1 saturated carbocycles. The zero-order chi connectivity index (χ0) is 19.3. The first kappa shape index (κ1) is 17.0. The number of urea groups is 1. The molecule has 1 aliphatic carbocycles. The molecule has 2 amide bonds. The zero-order valence-corrected chi connectivity index (χ0v) is 16.0. The fraction of sp³-hybridized carbons (Fsp3) is 0.474. The number of hydrogen-bond acceptors (Lipinski definition) is 5. The number of aromatic amines is 1. The molecule has 1 saturated heterocycles. The molecule has 0 aromatic carbocycles. The summed E-state index contributed by atoms with van der Waals surface area (Å²) in [5.41, 5.74) is 1.61. The molecule has 5 rings (SSSR count). The summed E-state index contributed by atoms with van der Waals surface area (Å²) in [5.74, 6) is 2.05. The lowest BCUT2D eigenvalue weighted by Gasteiger charge is -2.28. The Morgan fingerprint density at radius 2 is 2.07 bits per heavy atom. The van der Waals surface area contributed by atoms with Gasteiger partial charge in [-0.05, 0) is 30.7 Å². The first-order chi connectivity index (χ1) is 13.6. The van der Waals surface area contributed by atoms with Gasteiger partial charge in [0.05, 0.1) is 17.3 Å². The van der Waals surface area contributed by atoms with E-state index in [2.05, 4.69) is 37.3 Å². The van der Waals surface area contributed by atoms with E-state index in [1.54, 1.807) is 17.2 Å². The van der Waals surface area contributed by atoms with Gasteiger partial charge in [0.15, 0.2) is 0 Å². The molecule has 1 aliphatic heterocycles. The van der Waals surface area contributed by atoms with Crippen LogP contribution in [0.4, 0.5) is 16.3 Å². The van der Waals surface area contributed by atoms with E-state index >= 15 is 0 Å². The van der Waals surface area contributed by atoms with Crippen LogP contribution in [0.25, 0.3) is 11.0 Å². The summed E-state index contributed by atoms with van der Waals surface area (Å²) in [7, 11) is 3.96. The van der Waals surface area contributed by atoms with Crippen LogP contribution in [0.2, 0.25) is 0 Å². The topological polar surface area (TPSA) is 95.0 Å². The summed E-state index contributed by atoms with van der Waals surface area (Å²) in [4.78, 5) is 28.7. The van der Waals surface area contributed by atoms with Crippen LogP contribution in [0.1, 0.15) is 12.8 Å². The quantitative estimate of drug-likeness (QED) is 0.725. The second-order valence-electron chi connectivity index (χ2n) is 7.93. The van der Waals surface area contributed by atoms with Crippen LogP contribution in [0.5, 0.6) is 0 Å². The molecule has 2 fully saturated rings. The number of amides is 2. The summed E-state index contributed by atoms with van der Waals surface area (Å²) >= 11 is 0. The van der Waals surface area contributed by atoms with Gasteiger partial charge in [-0.2, -0.15) is 5.10 Å². The first-order valence-electron chi connectivity index (χ1n) is 9.64. The number of nitrogens with one attached hydrogen (secondary N) is 2. The van der Waals surface area contributed by atoms with Crippen molar-refractivity contribution in [2.75, 3.05) is 30.4 Å². The number of fused-ring (bicyclic) bond motifs is 2. The average molecular weight is 380 g/mol. The molecule has 146 valence electrons. The van der Waals surface area contributed by atoms with Crippen LogP contribution in [-0.4, -0.2) is 61.8 Å². The lowest BCUT2D eigenvalue weighted by molar-refractivity contribution is 0.218. The summed E-state index contributed by atoms with van der Waals surface area (Å²) in [5, 5.41) is 8.09. The Morgan fingerprint density at radius 3 is 2.79 bits per heavy atom. The number of carbonyl (C=O) groups excluding carboxylic acids is 1. The highest BCUT2D eigenvalue weighted by Gasteiger charge is 2.44. The highest BCUT2D eigenvalue weighted by molar-refractivity contribution is 5.89. The molecule has 3 aromatic rings. The van der Waals surface area contributed by atoms with Gasteiger partial charge in [0.1, 0.15) is 17.8 Å². The third kappa shape index (κ3) is 2.87. The van der Waals surface area contributed by atoms with Crippen molar-refractivity contribution in [3.8, 4) is 0 Å². The minimum Gasteiger partial charge on any atom is -0.356 e. The van der Waals surface area contributed by atoms with E-state index in [1.807, 2.05) is 30.4 Å². The van der Waals surface area contributed by atoms with Crippen molar-refractivity contribution in [2.24, 2.45) is 18.9 Å². The van der Waals surface area contributed by atoms with E-state index in [-0.39, 0.29) is 6.03 Å². The van der Waals surface area contributed by atoms with E-state index in [0.717, 1.165) is 48.5 Å². The van der Waals surface area contributed by atoms with E-state index in [4.69, 9.17) is 0 Å². The molecule has 4 heterocycles. The van der Waals surface area contributed by atoms with Gasteiger partial charge in [-0.15, -0.1) is 0 Å². The highest BCUT2D eigenvalue weighted by atomic mass is 16.2. The molecule has 0 radical (unpaired) electrons. The number of hydrogen-bond donors (Lipinski definition) is 2. The van der Waals surface area contributed by atoms with Crippen LogP contribution in [0.15, 0.2) is 31.0 Å². The van der Waals surface area contributed by atoms with Crippen molar-refractivity contribution >= 4 is 28.6 Å². The average Bonchev–Trinajstić information content (AvgIpc) is 3.43. The maximum absolute atomic E-state index is 12.6. The fourth-order valence-corrected chi connectivity index (χ4v) is 4.75. The first-order valence-corrected chi connectivity index (χ1v) is 9.64. The number of rotatable bonds is 3. The Hall–Kier alpha value is -3.10. The van der Waals surface area contributed by atoms with Crippen LogP contribution in [0.3, 0.4) is 0 Å². The van der Waals surface area contributed by atoms with E-state index in [0.29, 0.717) is 17.9 Å². The number of anilines is 2. The SMILES string of the molecule is CN(c1ncnc2[nH]ccc12)[C@H]1CC2CN(C(=O)Nc3cnn(C)c3)C[C@@H]2C1. The van der Waals surface area contributed by atoms with Crippen molar-refractivity contribution in [1.82, 2.24) is 29.6 Å². The summed E-state index contributed by atoms with van der Waals surface area (Å²) in [6.07, 6.45) is 9.15. The normalized spacial score (nSPS) is 23.9. The van der Waals surface area contributed by atoms with Gasteiger partial charge in [-0.25, -0.2) is 14.8 Å². The lowest BCUT2D eigenvalue weighted by Crippen LogP contribution is -2.36. The number of likely N-dealkylation sites (tertiary alicyclic amines) is 1. The fourth-order valence-electron chi connectivity index (χ4n) is 4.75. The molecule has 9 heteroatoms. The number of carbonyl (C=O) groups is 1. The van der Waals surface area contributed by atoms with Crippen molar-refractivity contribution in [3.63, 3.8) is 0 Å². The molecule has 28 heavy (non-hydrogen) atoms. The van der Waals surface area contributed by atoms with Crippen molar-refractivity contribution in [1.29, 1.82) is 0 Å². The Labute approximate surface area is 162 Å². The third-order valence-corrected chi connectivity index (χ3v) is 6.18. The van der Waals surface area contributed by atoms with Gasteiger partial charge < -0.3 is 20.1 Å². The van der Waals surface area contributed by atoms with Gasteiger partial charge in [-0.3, -0.25) is 4.68 Å². The molecular weight excluding hydrogens is 356 g/mol. The number of aryl methyl sites for hydroxylation is 1. The van der Waals surface area contributed by atoms with Crippen molar-refractivity contribution in [3.05, 3.63) is 31.0 Å². The molecule has 2 aliphatic rings. The number of aromatic nitrogens is 5. The van der Waals surface area contributed by atoms with E-state index in [1.165, 1.54) is 0 Å². The van der Waals surface area contributed by atoms with Gasteiger partial charge in [0.25, 0.3) is 0 Å². The maximum Gasteiger partial charge on any atom is 0.321 e. The minimum atomic E-state index is -0.0304. The minimum absolute atomic E-state index is 0.0304. The predicted octanol–water partition coefficient (Wildman–Crippen LogP) is 2.07. The molecular formula is C19H24N8O. The second kappa shape index (κ2) is 6.50. The van der Waals surface area contributed by atoms with Crippen molar-refractivity contribution in [2.45, 2.75) is 18.9 Å². The highest BCUT2D eigenvalue weighted by Crippen LogP contribution is 2.41. The van der Waals surface area contributed by atoms with E-state index < -0.39 is 0 Å². The third-order valence-electron chi connectivity index (χ3n) is 6.18. The Kier molecular flexibility index (Phi) is 3.96. The van der Waals surface area contributed by atoms with Gasteiger partial charge >= 0.3 is 6.03 Å². The summed E-state index contributed by atoms with van der Waals surface area (Å²) < 4.78 is 1.68. The molecule has 0 spiro atoms. The molecule has 1 unspecified atom stereocenters. The van der Waals surface area contributed by atoms with E-state index in [9.17, 15) is 4.79 Å². The summed E-state index contributed by atoms with van der Waals surface area (Å²) in [6, 6.07) is 2.44. The van der Waals surface area contributed by atoms with Crippen LogP contribution in [-0.2, 0) is 7.05 Å². The predicted molar refractivity (Wildman–Crippen MR) is 106 cm³/mol. The summed E-state index contributed by atoms with van der Waals surface area (Å²) in [6.45, 7) is 1.62. The van der Waals surface area contributed by atoms with Gasteiger partial charge in [0, 0.05) is 45.6 Å². The molecule has 2 N–H and O–H groups in total. The van der Waals surface area contributed by atoms with Crippen molar-refractivity contribution < 1.29 is 4.79 Å². The molecule has 9 nitrogen and oxygen atoms in total. The molecule has 0 bridgehead atoms. The maximum atomic E-state index is 12.6. The Morgan fingerprint density at radius 1 is 1.29 bits per heavy atom. The van der Waals surface area contributed by atoms with Crippen LogP contribution >= 0.6 is 0 Å². The zero-order valence-electron chi connectivity index (χ0n) is 16.0.